The molecule has 4 aliphatic carbocycles. The fourth-order valence-electron chi connectivity index (χ4n) is 10.0. The molecular weight excluding hydrogens is 502 g/mol. The van der Waals surface area contributed by atoms with Gasteiger partial charge in [-0.3, -0.25) is 0 Å². The van der Waals surface area contributed by atoms with Gasteiger partial charge >= 0.3 is 0 Å². The standard InChI is InChI=1S/C37H67N3O/c1-38(2)33-19-11-28(12-20-33)8-7-27-9-13-30(14-10-27)36-25-32(29-15-21-34(22-16-29)39(3)4)26-37(41-36)31-17-23-35(24-18-31)40(5)6/h7-8,27-37H,9-26H2,1-6H3/p+1/b8-7+. The summed E-state index contributed by atoms with van der Waals surface area (Å²) in [4.78, 5) is 7.41. The Morgan fingerprint density at radius 3 is 1.10 bits per heavy atom. The Kier molecular flexibility index (Phi) is 11.7. The van der Waals surface area contributed by atoms with E-state index in [-0.39, 0.29) is 0 Å². The van der Waals surface area contributed by atoms with Crippen molar-refractivity contribution in [3.8, 4) is 0 Å². The summed E-state index contributed by atoms with van der Waals surface area (Å²) in [5.41, 5.74) is 0. The van der Waals surface area contributed by atoms with Crippen molar-refractivity contribution < 1.29 is 4.74 Å². The van der Waals surface area contributed by atoms with Gasteiger partial charge in [-0.1, -0.05) is 12.2 Å². The maximum atomic E-state index is 5.81. The van der Waals surface area contributed by atoms with Gasteiger partial charge in [0.1, 0.15) is 0 Å². The molecule has 41 heavy (non-hydrogen) atoms. The van der Waals surface area contributed by atoms with Crippen LogP contribution in [0.25, 0.3) is 0 Å². The maximum absolute atomic E-state index is 5.81. The number of allylic oxidation sites excluding steroid dienone is 2. The Hall–Kier alpha value is -0.420. The topological polar surface area (TPSA) is 22.5 Å². The minimum absolute atomic E-state index is 0.656. The molecule has 5 fully saturated rings. The summed E-state index contributed by atoms with van der Waals surface area (Å²) in [7, 11) is 13.7. The van der Waals surface area contributed by atoms with Crippen LogP contribution in [0.3, 0.4) is 0 Å². The van der Waals surface area contributed by atoms with Crippen LogP contribution in [0.1, 0.15) is 116 Å². The molecule has 0 amide bonds. The second-order valence-electron chi connectivity index (χ2n) is 16.2. The van der Waals surface area contributed by atoms with E-state index in [0.29, 0.717) is 12.2 Å². The van der Waals surface area contributed by atoms with Gasteiger partial charge in [-0.25, -0.2) is 0 Å². The van der Waals surface area contributed by atoms with E-state index in [2.05, 4.69) is 69.1 Å². The Balaban J connectivity index is 1.15. The molecule has 1 heterocycles. The van der Waals surface area contributed by atoms with Crippen LogP contribution in [0.15, 0.2) is 12.2 Å². The number of hydrogen-bond acceptors (Lipinski definition) is 3. The predicted molar refractivity (Wildman–Crippen MR) is 175 cm³/mol. The highest BCUT2D eigenvalue weighted by Gasteiger charge is 2.45. The third kappa shape index (κ3) is 8.61. The van der Waals surface area contributed by atoms with Gasteiger partial charge in [0.05, 0.1) is 0 Å². The van der Waals surface area contributed by atoms with Gasteiger partial charge in [0.15, 0.2) is 12.2 Å². The van der Waals surface area contributed by atoms with E-state index < -0.39 is 0 Å². The largest absolute Gasteiger partial charge is 0.429 e. The zero-order chi connectivity index (χ0) is 28.9. The summed E-state index contributed by atoms with van der Waals surface area (Å²) in [6.45, 7) is 0. The molecule has 3 atom stereocenters. The SMILES string of the molecule is CN(C)C1CCC(/C=C/C2CCC(C3CC(C4CCC(N(C)C)CC4)CC(C4CCC(N(C)C)CC4)[OH+]3)CC2)CC1. The molecule has 5 aliphatic rings. The van der Waals surface area contributed by atoms with Crippen LogP contribution in [-0.4, -0.2) is 92.1 Å². The van der Waals surface area contributed by atoms with Crippen LogP contribution in [-0.2, 0) is 0 Å². The third-order valence-electron chi connectivity index (χ3n) is 13.1. The number of aliphatic hydroxyl groups is 2. The Labute approximate surface area is 255 Å². The van der Waals surface area contributed by atoms with Crippen LogP contribution in [0.4, 0.5) is 0 Å². The smallest absolute Gasteiger partial charge is 0.158 e. The van der Waals surface area contributed by atoms with Crippen molar-refractivity contribution in [2.75, 3.05) is 42.3 Å². The van der Waals surface area contributed by atoms with Crippen molar-refractivity contribution in [3.05, 3.63) is 12.2 Å². The van der Waals surface area contributed by atoms with Gasteiger partial charge in [-0.15, -0.1) is 0 Å². The van der Waals surface area contributed by atoms with Gasteiger partial charge in [-0.05, 0) is 169 Å². The first-order valence-electron chi connectivity index (χ1n) is 18.1. The summed E-state index contributed by atoms with van der Waals surface area (Å²) in [6.07, 6.45) is 32.1. The minimum Gasteiger partial charge on any atom is -0.429 e. The molecule has 1 aliphatic heterocycles. The molecule has 0 bridgehead atoms. The van der Waals surface area contributed by atoms with E-state index in [1.807, 2.05) is 0 Å². The number of hydrogen-bond donors (Lipinski definition) is 0. The van der Waals surface area contributed by atoms with Crippen LogP contribution in [0.5, 0.6) is 0 Å². The van der Waals surface area contributed by atoms with E-state index in [1.165, 1.54) is 116 Å². The molecular formula is C37H68N3O+. The Morgan fingerprint density at radius 1 is 0.390 bits per heavy atom. The van der Waals surface area contributed by atoms with E-state index in [1.54, 1.807) is 0 Å². The Bertz CT molecular complexity index is 742. The molecule has 0 spiro atoms. The highest BCUT2D eigenvalue weighted by Crippen LogP contribution is 2.46. The lowest BCUT2D eigenvalue weighted by Crippen LogP contribution is -2.48. The first-order chi connectivity index (χ1) is 19.8. The van der Waals surface area contributed by atoms with Gasteiger partial charge in [0.2, 0.25) is 0 Å². The molecule has 0 radical (unpaired) electrons. The third-order valence-corrected chi connectivity index (χ3v) is 13.1. The second kappa shape index (κ2) is 15.0. The molecule has 5 rings (SSSR count). The average molecular weight is 571 g/mol. The highest BCUT2D eigenvalue weighted by molar-refractivity contribution is 4.98. The molecule has 3 unspecified atom stereocenters. The Morgan fingerprint density at radius 2 is 0.707 bits per heavy atom. The maximum Gasteiger partial charge on any atom is 0.158 e. The summed E-state index contributed by atoms with van der Waals surface area (Å²) in [5.74, 6) is 5.28. The molecule has 1 saturated heterocycles. The van der Waals surface area contributed by atoms with Gasteiger partial charge < -0.3 is 19.4 Å². The van der Waals surface area contributed by atoms with E-state index in [4.69, 9.17) is 4.74 Å². The first kappa shape index (κ1) is 32.0. The minimum atomic E-state index is 0.656. The predicted octanol–water partition coefficient (Wildman–Crippen LogP) is 7.39. The van der Waals surface area contributed by atoms with Crippen molar-refractivity contribution in [1.82, 2.24) is 14.7 Å². The highest BCUT2D eigenvalue weighted by atomic mass is 16.5. The number of ether oxygens (including phenoxy) is 1. The number of rotatable bonds is 8. The van der Waals surface area contributed by atoms with Gasteiger partial charge in [0.25, 0.3) is 0 Å². The molecule has 1 N–H and O–H groups in total. The van der Waals surface area contributed by atoms with Crippen molar-refractivity contribution in [1.29, 1.82) is 0 Å². The lowest BCUT2D eigenvalue weighted by atomic mass is 9.68. The second-order valence-corrected chi connectivity index (χ2v) is 16.2. The van der Waals surface area contributed by atoms with Crippen LogP contribution < -0.4 is 0 Å². The van der Waals surface area contributed by atoms with Gasteiger partial charge in [0, 0.05) is 42.8 Å². The van der Waals surface area contributed by atoms with Crippen molar-refractivity contribution in [3.63, 3.8) is 0 Å². The average Bonchev–Trinajstić information content (AvgIpc) is 3.00. The van der Waals surface area contributed by atoms with Gasteiger partial charge in [-0.2, -0.15) is 0 Å². The van der Waals surface area contributed by atoms with Crippen molar-refractivity contribution >= 4 is 0 Å². The molecule has 4 nitrogen and oxygen atoms in total. The lowest BCUT2D eigenvalue weighted by Gasteiger charge is -2.45. The molecule has 4 saturated carbocycles. The zero-order valence-electron chi connectivity index (χ0n) is 28.0. The normalized spacial score (nSPS) is 43.3. The van der Waals surface area contributed by atoms with E-state index in [9.17, 15) is 0 Å². The molecule has 0 aromatic rings. The summed E-state index contributed by atoms with van der Waals surface area (Å²) in [6, 6.07) is 2.43. The quantitative estimate of drug-likeness (QED) is 0.224. The number of nitrogens with zero attached hydrogens (tertiary/aromatic N) is 3. The van der Waals surface area contributed by atoms with Crippen molar-refractivity contribution in [2.45, 2.75) is 146 Å². The van der Waals surface area contributed by atoms with Crippen molar-refractivity contribution in [2.24, 2.45) is 35.5 Å². The van der Waals surface area contributed by atoms with E-state index >= 15 is 0 Å². The monoisotopic (exact) mass is 571 g/mol. The van der Waals surface area contributed by atoms with Crippen LogP contribution in [0.2, 0.25) is 0 Å². The molecule has 0 aromatic heterocycles. The molecule has 4 heteroatoms. The fourth-order valence-corrected chi connectivity index (χ4v) is 10.0. The zero-order valence-corrected chi connectivity index (χ0v) is 28.0. The molecule has 236 valence electrons. The summed E-state index contributed by atoms with van der Waals surface area (Å²) in [5, 5.41) is 0. The molecule has 0 aromatic carbocycles. The van der Waals surface area contributed by atoms with Crippen LogP contribution in [0, 0.1) is 35.5 Å². The first-order valence-corrected chi connectivity index (χ1v) is 18.1. The van der Waals surface area contributed by atoms with E-state index in [0.717, 1.165) is 53.6 Å². The lowest BCUT2D eigenvalue weighted by molar-refractivity contribution is -0.247. The summed E-state index contributed by atoms with van der Waals surface area (Å²) < 4.78 is 5.81. The fraction of sp³-hybridized carbons (Fsp3) is 0.946. The van der Waals surface area contributed by atoms with Crippen LogP contribution >= 0.6 is 0 Å². The summed E-state index contributed by atoms with van der Waals surface area (Å²) >= 11 is 0.